The van der Waals surface area contributed by atoms with Crippen molar-refractivity contribution in [3.63, 3.8) is 0 Å². The number of hydrogen-bond acceptors (Lipinski definition) is 2. The smallest absolute Gasteiger partial charge is 0.253 e. The molecule has 5 heteroatoms. The topological polar surface area (TPSA) is 49.4 Å². The highest BCUT2D eigenvalue weighted by Gasteiger charge is 2.51. The van der Waals surface area contributed by atoms with Crippen LogP contribution in [-0.4, -0.2) is 29.8 Å². The van der Waals surface area contributed by atoms with Crippen LogP contribution < -0.4 is 5.32 Å². The van der Waals surface area contributed by atoms with E-state index < -0.39 is 5.41 Å². The molecule has 2 heterocycles. The maximum absolute atomic E-state index is 13.0. The Morgan fingerprint density at radius 1 is 1.13 bits per heavy atom. The Morgan fingerprint density at radius 3 is 2.65 bits per heavy atom. The van der Waals surface area contributed by atoms with Crippen LogP contribution in [0.15, 0.2) is 48.5 Å². The maximum atomic E-state index is 13.0. The molecule has 2 aromatic carbocycles. The lowest BCUT2D eigenvalue weighted by Crippen LogP contribution is -2.39. The van der Waals surface area contributed by atoms with E-state index in [2.05, 4.69) is 5.32 Å². The molecule has 116 valence electrons. The molecule has 4 rings (SSSR count). The summed E-state index contributed by atoms with van der Waals surface area (Å²) in [5, 5.41) is 2.91. The molecule has 0 bridgehead atoms. The third-order valence-electron chi connectivity index (χ3n) is 4.77. The monoisotopic (exact) mass is 310 g/mol. The summed E-state index contributed by atoms with van der Waals surface area (Å²) in [7, 11) is 0. The van der Waals surface area contributed by atoms with Gasteiger partial charge in [0.2, 0.25) is 5.91 Å². The normalized spacial score (nSPS) is 22.3. The van der Waals surface area contributed by atoms with Gasteiger partial charge in [-0.2, -0.15) is 0 Å². The zero-order valence-corrected chi connectivity index (χ0v) is 12.4. The summed E-state index contributed by atoms with van der Waals surface area (Å²) in [4.78, 5) is 26.8. The molecule has 1 atom stereocenters. The largest absolute Gasteiger partial charge is 0.337 e. The quantitative estimate of drug-likeness (QED) is 0.880. The Balaban J connectivity index is 1.63. The molecular formula is C18H15FN2O2. The first-order chi connectivity index (χ1) is 11.1. The van der Waals surface area contributed by atoms with Crippen molar-refractivity contribution in [2.75, 3.05) is 18.4 Å². The number of carbonyl (C=O) groups is 2. The van der Waals surface area contributed by atoms with E-state index in [1.54, 1.807) is 4.90 Å². The van der Waals surface area contributed by atoms with Crippen LogP contribution >= 0.6 is 0 Å². The summed E-state index contributed by atoms with van der Waals surface area (Å²) in [5.74, 6) is -0.587. The Labute approximate surface area is 132 Å². The van der Waals surface area contributed by atoms with Crippen LogP contribution in [0.5, 0.6) is 0 Å². The lowest BCUT2D eigenvalue weighted by atomic mass is 9.81. The Morgan fingerprint density at radius 2 is 1.87 bits per heavy atom. The summed E-state index contributed by atoms with van der Waals surface area (Å²) in [6.07, 6.45) is 0.600. The summed E-state index contributed by atoms with van der Waals surface area (Å²) in [5.41, 5.74) is 1.56. The fourth-order valence-electron chi connectivity index (χ4n) is 3.54. The molecule has 2 aliphatic heterocycles. The van der Waals surface area contributed by atoms with Crippen LogP contribution in [0.3, 0.4) is 0 Å². The number of likely N-dealkylation sites (tertiary alicyclic amines) is 1. The van der Waals surface area contributed by atoms with Crippen molar-refractivity contribution < 1.29 is 14.0 Å². The first-order valence-corrected chi connectivity index (χ1v) is 7.56. The maximum Gasteiger partial charge on any atom is 0.253 e. The van der Waals surface area contributed by atoms with E-state index in [0.717, 1.165) is 11.3 Å². The van der Waals surface area contributed by atoms with Crippen molar-refractivity contribution in [2.45, 2.75) is 11.8 Å². The number of amides is 2. The lowest BCUT2D eigenvalue weighted by molar-refractivity contribution is -0.120. The molecule has 0 aromatic heterocycles. The number of rotatable bonds is 1. The van der Waals surface area contributed by atoms with E-state index in [-0.39, 0.29) is 17.6 Å². The number of fused-ring (bicyclic) bond motifs is 2. The molecule has 0 saturated carbocycles. The average molecular weight is 310 g/mol. The highest BCUT2D eigenvalue weighted by molar-refractivity contribution is 6.07. The van der Waals surface area contributed by atoms with E-state index in [0.29, 0.717) is 25.1 Å². The number of hydrogen-bond donors (Lipinski definition) is 1. The molecule has 0 unspecified atom stereocenters. The molecular weight excluding hydrogens is 295 g/mol. The summed E-state index contributed by atoms with van der Waals surface area (Å²) in [6.45, 7) is 0.865. The molecule has 2 aromatic rings. The molecule has 23 heavy (non-hydrogen) atoms. The molecule has 1 fully saturated rings. The number of anilines is 1. The van der Waals surface area contributed by atoms with Crippen molar-refractivity contribution in [3.05, 3.63) is 65.5 Å². The summed E-state index contributed by atoms with van der Waals surface area (Å²) in [6, 6.07) is 13.1. The number of halogens is 1. The van der Waals surface area contributed by atoms with Crippen molar-refractivity contribution in [1.82, 2.24) is 4.90 Å². The molecule has 0 radical (unpaired) electrons. The van der Waals surface area contributed by atoms with Crippen molar-refractivity contribution >= 4 is 17.5 Å². The van der Waals surface area contributed by atoms with Gasteiger partial charge in [-0.1, -0.05) is 18.2 Å². The van der Waals surface area contributed by atoms with Crippen LogP contribution in [-0.2, 0) is 10.2 Å². The summed E-state index contributed by atoms with van der Waals surface area (Å²) >= 11 is 0. The second kappa shape index (κ2) is 4.91. The Kier molecular flexibility index (Phi) is 2.98. The number of para-hydroxylation sites is 1. The van der Waals surface area contributed by atoms with Gasteiger partial charge >= 0.3 is 0 Å². The van der Waals surface area contributed by atoms with Gasteiger partial charge in [0.05, 0.1) is 5.41 Å². The molecule has 1 spiro atoms. The second-order valence-corrected chi connectivity index (χ2v) is 6.07. The number of benzene rings is 2. The average Bonchev–Trinajstić information content (AvgIpc) is 3.12. The molecule has 4 nitrogen and oxygen atoms in total. The first kappa shape index (κ1) is 13.9. The van der Waals surface area contributed by atoms with Gasteiger partial charge in [0.1, 0.15) is 5.82 Å². The van der Waals surface area contributed by atoms with Crippen molar-refractivity contribution in [2.24, 2.45) is 0 Å². The van der Waals surface area contributed by atoms with E-state index in [9.17, 15) is 14.0 Å². The van der Waals surface area contributed by atoms with E-state index >= 15 is 0 Å². The van der Waals surface area contributed by atoms with Gasteiger partial charge in [-0.15, -0.1) is 0 Å². The summed E-state index contributed by atoms with van der Waals surface area (Å²) < 4.78 is 13.0. The van der Waals surface area contributed by atoms with Gasteiger partial charge < -0.3 is 10.2 Å². The van der Waals surface area contributed by atoms with Crippen LogP contribution in [0, 0.1) is 5.82 Å². The van der Waals surface area contributed by atoms with Crippen LogP contribution in [0.1, 0.15) is 22.3 Å². The van der Waals surface area contributed by atoms with Crippen molar-refractivity contribution in [3.8, 4) is 0 Å². The SMILES string of the molecule is O=C(c1ccc(F)cc1)N1CC[C@]2(C1)C(=O)Nc1ccccc12. The predicted molar refractivity (Wildman–Crippen MR) is 83.7 cm³/mol. The van der Waals surface area contributed by atoms with E-state index in [4.69, 9.17) is 0 Å². The molecule has 0 aliphatic carbocycles. The van der Waals surface area contributed by atoms with Gasteiger partial charge in [0.15, 0.2) is 0 Å². The number of nitrogens with one attached hydrogen (secondary N) is 1. The minimum Gasteiger partial charge on any atom is -0.337 e. The van der Waals surface area contributed by atoms with Gasteiger partial charge in [0, 0.05) is 24.3 Å². The molecule has 1 N–H and O–H groups in total. The van der Waals surface area contributed by atoms with Gasteiger partial charge in [0.25, 0.3) is 5.91 Å². The van der Waals surface area contributed by atoms with E-state index in [1.807, 2.05) is 24.3 Å². The van der Waals surface area contributed by atoms with E-state index in [1.165, 1.54) is 24.3 Å². The zero-order chi connectivity index (χ0) is 16.0. The fraction of sp³-hybridized carbons (Fsp3) is 0.222. The third-order valence-corrected chi connectivity index (χ3v) is 4.77. The Bertz CT molecular complexity index is 803. The molecule has 2 amide bonds. The minimum atomic E-state index is -0.660. The molecule has 2 aliphatic rings. The van der Waals surface area contributed by atoms with Gasteiger partial charge in [-0.25, -0.2) is 4.39 Å². The fourth-order valence-corrected chi connectivity index (χ4v) is 3.54. The van der Waals surface area contributed by atoms with Gasteiger partial charge in [-0.3, -0.25) is 9.59 Å². The molecule has 1 saturated heterocycles. The van der Waals surface area contributed by atoms with Crippen LogP contribution in [0.2, 0.25) is 0 Å². The number of carbonyl (C=O) groups excluding carboxylic acids is 2. The predicted octanol–water partition coefficient (Wildman–Crippen LogP) is 2.56. The van der Waals surface area contributed by atoms with Gasteiger partial charge in [-0.05, 0) is 42.3 Å². The van der Waals surface area contributed by atoms with Crippen LogP contribution in [0.25, 0.3) is 0 Å². The third kappa shape index (κ3) is 2.04. The highest BCUT2D eigenvalue weighted by Crippen LogP contribution is 2.44. The second-order valence-electron chi connectivity index (χ2n) is 6.07. The minimum absolute atomic E-state index is 0.0480. The van der Waals surface area contributed by atoms with Crippen molar-refractivity contribution in [1.29, 1.82) is 0 Å². The first-order valence-electron chi connectivity index (χ1n) is 7.56. The lowest BCUT2D eigenvalue weighted by Gasteiger charge is -2.22. The standard InChI is InChI=1S/C18H15FN2O2/c19-13-7-5-12(6-8-13)16(22)21-10-9-18(11-21)14-3-1-2-4-15(14)20-17(18)23/h1-8H,9-11H2,(H,20,23)/t18-/m1/s1. The highest BCUT2D eigenvalue weighted by atomic mass is 19.1. The Hall–Kier alpha value is -2.69. The number of nitrogens with zero attached hydrogens (tertiary/aromatic N) is 1. The zero-order valence-electron chi connectivity index (χ0n) is 12.4. The van der Waals surface area contributed by atoms with Crippen LogP contribution in [0.4, 0.5) is 10.1 Å².